The molecule has 0 aliphatic heterocycles. The number of rotatable bonds is 3. The van der Waals surface area contributed by atoms with Crippen molar-refractivity contribution in [1.82, 2.24) is 24.7 Å². The summed E-state index contributed by atoms with van der Waals surface area (Å²) in [5, 5.41) is 8.06. The molecule has 108 valence electrons. The first-order valence-electron chi connectivity index (χ1n) is 6.62. The number of hydrogen-bond donors (Lipinski definition) is 0. The molecule has 21 heavy (non-hydrogen) atoms. The number of aryl methyl sites for hydroxylation is 2. The van der Waals surface area contributed by atoms with Gasteiger partial charge in [-0.2, -0.15) is 10.1 Å². The van der Waals surface area contributed by atoms with E-state index in [1.165, 1.54) is 6.08 Å². The molecule has 3 aromatic heterocycles. The largest absolute Gasteiger partial charge is 0.331 e. The summed E-state index contributed by atoms with van der Waals surface area (Å²) in [5.74, 6) is -0.374. The van der Waals surface area contributed by atoms with Crippen LogP contribution in [0, 0.1) is 13.8 Å². The standard InChI is InChI=1S/C14H14FN5O/c1-4-5-11(15)14-18-12(19-21-14)10-7-16-20-9(3)6-8(2)17-13(10)20/h5-7H,4H2,1-3H3/b11-5-. The molecule has 0 aliphatic carbocycles. The highest BCUT2D eigenvalue weighted by Crippen LogP contribution is 2.24. The number of fused-ring (bicyclic) bond motifs is 1. The Morgan fingerprint density at radius 3 is 2.95 bits per heavy atom. The van der Waals surface area contributed by atoms with E-state index < -0.39 is 5.83 Å². The molecule has 3 rings (SSSR count). The second-order valence-electron chi connectivity index (χ2n) is 4.72. The monoisotopic (exact) mass is 287 g/mol. The summed E-state index contributed by atoms with van der Waals surface area (Å²) in [6.45, 7) is 5.66. The van der Waals surface area contributed by atoms with Gasteiger partial charge < -0.3 is 4.52 Å². The Kier molecular flexibility index (Phi) is 3.25. The van der Waals surface area contributed by atoms with Crippen LogP contribution in [0.3, 0.4) is 0 Å². The Labute approximate surface area is 120 Å². The fourth-order valence-electron chi connectivity index (χ4n) is 2.12. The highest BCUT2D eigenvalue weighted by atomic mass is 19.1. The van der Waals surface area contributed by atoms with Crippen LogP contribution in [-0.2, 0) is 0 Å². The minimum atomic E-state index is -0.520. The van der Waals surface area contributed by atoms with Gasteiger partial charge in [-0.15, -0.1) is 0 Å². The van der Waals surface area contributed by atoms with E-state index in [9.17, 15) is 4.39 Å². The van der Waals surface area contributed by atoms with Crippen LogP contribution in [0.15, 0.2) is 22.9 Å². The molecule has 0 amide bonds. The fourth-order valence-corrected chi connectivity index (χ4v) is 2.12. The lowest BCUT2D eigenvalue weighted by Crippen LogP contribution is -1.97. The Hall–Kier alpha value is -2.57. The predicted molar refractivity (Wildman–Crippen MR) is 75.1 cm³/mol. The summed E-state index contributed by atoms with van der Waals surface area (Å²) in [7, 11) is 0. The number of hydrogen-bond acceptors (Lipinski definition) is 5. The molecule has 0 spiro atoms. The Bertz CT molecular complexity index is 833. The minimum absolute atomic E-state index is 0.129. The van der Waals surface area contributed by atoms with E-state index in [2.05, 4.69) is 20.2 Å². The summed E-state index contributed by atoms with van der Waals surface area (Å²) in [5.41, 5.74) is 3.05. The van der Waals surface area contributed by atoms with Crippen molar-refractivity contribution in [2.45, 2.75) is 27.2 Å². The van der Waals surface area contributed by atoms with Crippen LogP contribution in [-0.4, -0.2) is 24.7 Å². The average Bonchev–Trinajstić information content (AvgIpc) is 3.04. The third-order valence-corrected chi connectivity index (χ3v) is 3.03. The zero-order valence-corrected chi connectivity index (χ0v) is 12.0. The van der Waals surface area contributed by atoms with Crippen LogP contribution in [0.1, 0.15) is 30.6 Å². The van der Waals surface area contributed by atoms with Gasteiger partial charge in [0.2, 0.25) is 5.82 Å². The molecular formula is C14H14FN5O. The molecule has 0 N–H and O–H groups in total. The molecule has 0 fully saturated rings. The van der Waals surface area contributed by atoms with E-state index in [1.54, 1.807) is 10.7 Å². The SMILES string of the molecule is CC/C=C(\F)c1nc(-c2cnn3c(C)cc(C)nc23)no1. The Morgan fingerprint density at radius 1 is 1.38 bits per heavy atom. The zero-order chi connectivity index (χ0) is 15.0. The zero-order valence-electron chi connectivity index (χ0n) is 12.0. The van der Waals surface area contributed by atoms with Gasteiger partial charge >= 0.3 is 0 Å². The average molecular weight is 287 g/mol. The van der Waals surface area contributed by atoms with Gasteiger partial charge in [-0.3, -0.25) is 0 Å². The predicted octanol–water partition coefficient (Wildman–Crippen LogP) is 3.12. The Balaban J connectivity index is 2.11. The molecular weight excluding hydrogens is 273 g/mol. The fraction of sp³-hybridized carbons (Fsp3) is 0.286. The third-order valence-electron chi connectivity index (χ3n) is 3.03. The minimum Gasteiger partial charge on any atom is -0.331 e. The first kappa shape index (κ1) is 13.4. The van der Waals surface area contributed by atoms with Gasteiger partial charge in [-0.05, 0) is 32.4 Å². The number of nitrogens with zero attached hydrogens (tertiary/aromatic N) is 5. The maximum atomic E-state index is 13.7. The molecule has 7 heteroatoms. The van der Waals surface area contributed by atoms with Crippen LogP contribution >= 0.6 is 0 Å². The number of allylic oxidation sites excluding steroid dienone is 1. The van der Waals surface area contributed by atoms with E-state index in [-0.39, 0.29) is 11.7 Å². The molecule has 0 aliphatic rings. The topological polar surface area (TPSA) is 69.1 Å². The molecule has 3 heterocycles. The van der Waals surface area contributed by atoms with Crippen molar-refractivity contribution in [3.05, 3.63) is 35.6 Å². The molecule has 0 saturated carbocycles. The summed E-state index contributed by atoms with van der Waals surface area (Å²) >= 11 is 0. The molecule has 3 aromatic rings. The molecule has 6 nitrogen and oxygen atoms in total. The Morgan fingerprint density at radius 2 is 2.19 bits per heavy atom. The molecule has 0 bridgehead atoms. The van der Waals surface area contributed by atoms with Crippen molar-refractivity contribution < 1.29 is 8.91 Å². The van der Waals surface area contributed by atoms with Crippen molar-refractivity contribution >= 4 is 11.5 Å². The lowest BCUT2D eigenvalue weighted by Gasteiger charge is -2.00. The van der Waals surface area contributed by atoms with Crippen LogP contribution in [0.5, 0.6) is 0 Å². The smallest absolute Gasteiger partial charge is 0.286 e. The second kappa shape index (κ2) is 5.08. The van der Waals surface area contributed by atoms with Crippen LogP contribution in [0.25, 0.3) is 22.9 Å². The first-order valence-corrected chi connectivity index (χ1v) is 6.62. The molecule has 0 radical (unpaired) electrons. The molecule has 0 unspecified atom stereocenters. The molecule has 0 atom stereocenters. The van der Waals surface area contributed by atoms with E-state index in [1.807, 2.05) is 26.8 Å². The van der Waals surface area contributed by atoms with Crippen molar-refractivity contribution in [2.75, 3.05) is 0 Å². The van der Waals surface area contributed by atoms with Crippen molar-refractivity contribution in [2.24, 2.45) is 0 Å². The highest BCUT2D eigenvalue weighted by Gasteiger charge is 2.17. The third kappa shape index (κ3) is 2.31. The highest BCUT2D eigenvalue weighted by molar-refractivity contribution is 5.72. The van der Waals surface area contributed by atoms with Crippen molar-refractivity contribution in [3.63, 3.8) is 0 Å². The molecule has 0 aromatic carbocycles. The first-order chi connectivity index (χ1) is 10.1. The van der Waals surface area contributed by atoms with Gasteiger partial charge in [0.25, 0.3) is 5.89 Å². The van der Waals surface area contributed by atoms with Gasteiger partial charge in [0.05, 0.1) is 11.8 Å². The van der Waals surface area contributed by atoms with Gasteiger partial charge in [0, 0.05) is 11.4 Å². The van der Waals surface area contributed by atoms with Crippen LogP contribution in [0.4, 0.5) is 4.39 Å². The summed E-state index contributed by atoms with van der Waals surface area (Å²) in [6, 6.07) is 1.93. The van der Waals surface area contributed by atoms with Gasteiger partial charge in [0.15, 0.2) is 11.5 Å². The van der Waals surface area contributed by atoms with Gasteiger partial charge in [-0.1, -0.05) is 12.1 Å². The lowest BCUT2D eigenvalue weighted by atomic mass is 10.3. The summed E-state index contributed by atoms with van der Waals surface area (Å²) in [6.07, 6.45) is 3.55. The van der Waals surface area contributed by atoms with Crippen molar-refractivity contribution in [3.8, 4) is 11.4 Å². The van der Waals surface area contributed by atoms with E-state index in [4.69, 9.17) is 4.52 Å². The van der Waals surface area contributed by atoms with Crippen LogP contribution < -0.4 is 0 Å². The number of halogens is 1. The van der Waals surface area contributed by atoms with Gasteiger partial charge in [0.1, 0.15) is 0 Å². The quantitative estimate of drug-likeness (QED) is 0.740. The van der Waals surface area contributed by atoms with E-state index in [0.29, 0.717) is 17.6 Å². The van der Waals surface area contributed by atoms with E-state index >= 15 is 0 Å². The molecule has 0 saturated heterocycles. The lowest BCUT2D eigenvalue weighted by molar-refractivity contribution is 0.398. The normalized spacial score (nSPS) is 12.3. The summed E-state index contributed by atoms with van der Waals surface area (Å²) < 4.78 is 20.3. The second-order valence-corrected chi connectivity index (χ2v) is 4.72. The van der Waals surface area contributed by atoms with Crippen molar-refractivity contribution in [1.29, 1.82) is 0 Å². The maximum absolute atomic E-state index is 13.7. The maximum Gasteiger partial charge on any atom is 0.286 e. The summed E-state index contributed by atoms with van der Waals surface area (Å²) in [4.78, 5) is 8.50. The number of aromatic nitrogens is 5. The van der Waals surface area contributed by atoms with Gasteiger partial charge in [-0.25, -0.2) is 13.9 Å². The van der Waals surface area contributed by atoms with E-state index in [0.717, 1.165) is 11.4 Å². The van der Waals surface area contributed by atoms with Crippen LogP contribution in [0.2, 0.25) is 0 Å².